The van der Waals surface area contributed by atoms with Gasteiger partial charge in [-0.1, -0.05) is 15.9 Å². The molecule has 0 aliphatic heterocycles. The second kappa shape index (κ2) is 6.66. The van der Waals surface area contributed by atoms with Crippen LogP contribution in [-0.4, -0.2) is 29.6 Å². The van der Waals surface area contributed by atoms with Gasteiger partial charge in [0.2, 0.25) is 5.78 Å². The third-order valence-corrected chi connectivity index (χ3v) is 5.78. The number of fused-ring (bicyclic) bond motifs is 3. The highest BCUT2D eigenvalue weighted by Crippen LogP contribution is 2.20. The number of halogens is 1. The summed E-state index contributed by atoms with van der Waals surface area (Å²) >= 11 is 3.43. The highest BCUT2D eigenvalue weighted by atomic mass is 79.9. The van der Waals surface area contributed by atoms with Gasteiger partial charge in [0.15, 0.2) is 11.2 Å². The maximum absolute atomic E-state index is 12.7. The van der Waals surface area contributed by atoms with Crippen LogP contribution in [0.3, 0.4) is 0 Å². The first-order valence-electron chi connectivity index (χ1n) is 8.94. The van der Waals surface area contributed by atoms with Crippen LogP contribution >= 0.6 is 15.9 Å². The minimum atomic E-state index is -0.379. The van der Waals surface area contributed by atoms with Gasteiger partial charge in [-0.05, 0) is 38.1 Å². The minimum Gasteiger partial charge on any atom is -0.383 e. The second-order valence-electron chi connectivity index (χ2n) is 6.88. The molecule has 0 amide bonds. The summed E-state index contributed by atoms with van der Waals surface area (Å²) in [5.41, 5.74) is 3.14. The van der Waals surface area contributed by atoms with Gasteiger partial charge in [0.1, 0.15) is 0 Å². The third-order valence-electron chi connectivity index (χ3n) is 5.25. The van der Waals surface area contributed by atoms with E-state index in [2.05, 4.69) is 30.8 Å². The van der Waals surface area contributed by atoms with Crippen LogP contribution in [0.5, 0.6) is 0 Å². The molecule has 3 heterocycles. The molecule has 4 aromatic rings. The van der Waals surface area contributed by atoms with E-state index in [0.29, 0.717) is 30.0 Å². The lowest BCUT2D eigenvalue weighted by atomic mass is 10.3. The molecule has 4 rings (SSSR count). The summed E-state index contributed by atoms with van der Waals surface area (Å²) in [4.78, 5) is 29.6. The van der Waals surface area contributed by atoms with Crippen LogP contribution in [0.2, 0.25) is 0 Å². The number of benzene rings is 1. The van der Waals surface area contributed by atoms with Gasteiger partial charge in [-0.15, -0.1) is 0 Å². The molecule has 3 aromatic heterocycles. The number of rotatable bonds is 4. The lowest BCUT2D eigenvalue weighted by Crippen LogP contribution is -2.37. The standard InChI is InChI=1S/C19H21BrN6O2/c1-11-12(2)26-15-16(23(3)19(28)24(4)17(15)27)22-18(26)25(11)10-9-21-14-7-5-13(20)6-8-14/h5-8,21H,9-10H2,1-4H3. The Bertz CT molecular complexity index is 1320. The number of nitrogens with one attached hydrogen (secondary N) is 1. The summed E-state index contributed by atoms with van der Waals surface area (Å²) in [6.45, 7) is 5.36. The molecule has 28 heavy (non-hydrogen) atoms. The molecular weight excluding hydrogens is 424 g/mol. The van der Waals surface area contributed by atoms with Crippen LogP contribution in [0.4, 0.5) is 5.69 Å². The van der Waals surface area contributed by atoms with Crippen molar-refractivity contribution in [2.45, 2.75) is 20.4 Å². The van der Waals surface area contributed by atoms with Crippen LogP contribution < -0.4 is 16.6 Å². The van der Waals surface area contributed by atoms with Gasteiger partial charge in [0, 0.05) is 48.7 Å². The molecule has 0 unspecified atom stereocenters. The zero-order valence-electron chi connectivity index (χ0n) is 16.2. The van der Waals surface area contributed by atoms with Gasteiger partial charge in [0.05, 0.1) is 0 Å². The largest absolute Gasteiger partial charge is 0.383 e. The zero-order valence-corrected chi connectivity index (χ0v) is 17.7. The lowest BCUT2D eigenvalue weighted by Gasteiger charge is -2.09. The van der Waals surface area contributed by atoms with Gasteiger partial charge >= 0.3 is 5.69 Å². The molecule has 0 atom stereocenters. The first-order chi connectivity index (χ1) is 13.3. The molecule has 0 aliphatic carbocycles. The lowest BCUT2D eigenvalue weighted by molar-refractivity contribution is 0.705. The summed E-state index contributed by atoms with van der Waals surface area (Å²) in [5, 5.41) is 3.40. The van der Waals surface area contributed by atoms with E-state index < -0.39 is 0 Å². The Morgan fingerprint density at radius 3 is 2.39 bits per heavy atom. The van der Waals surface area contributed by atoms with E-state index in [4.69, 9.17) is 0 Å². The van der Waals surface area contributed by atoms with Crippen molar-refractivity contribution in [1.29, 1.82) is 0 Å². The van der Waals surface area contributed by atoms with Crippen LogP contribution in [0, 0.1) is 13.8 Å². The van der Waals surface area contributed by atoms with Crippen LogP contribution in [-0.2, 0) is 20.6 Å². The maximum atomic E-state index is 12.7. The number of hydrogen-bond donors (Lipinski definition) is 1. The molecule has 0 bridgehead atoms. The Balaban J connectivity index is 1.79. The van der Waals surface area contributed by atoms with E-state index in [-0.39, 0.29) is 11.2 Å². The molecule has 1 aromatic carbocycles. The molecule has 1 N–H and O–H groups in total. The van der Waals surface area contributed by atoms with Gasteiger partial charge in [-0.2, -0.15) is 4.98 Å². The van der Waals surface area contributed by atoms with Crippen LogP contribution in [0.15, 0.2) is 38.3 Å². The normalized spacial score (nSPS) is 11.6. The van der Waals surface area contributed by atoms with Crippen molar-refractivity contribution in [3.05, 3.63) is 61.0 Å². The highest BCUT2D eigenvalue weighted by molar-refractivity contribution is 9.10. The number of aryl methyl sites for hydroxylation is 2. The first-order valence-corrected chi connectivity index (χ1v) is 9.74. The highest BCUT2D eigenvalue weighted by Gasteiger charge is 2.21. The van der Waals surface area contributed by atoms with Gasteiger partial charge in [-0.3, -0.25) is 18.3 Å². The molecule has 9 heteroatoms. The molecule has 0 radical (unpaired) electrons. The molecule has 0 aliphatic rings. The summed E-state index contributed by atoms with van der Waals surface area (Å²) in [6, 6.07) is 8.00. The van der Waals surface area contributed by atoms with Crippen molar-refractivity contribution >= 4 is 38.6 Å². The Hall–Kier alpha value is -2.81. The van der Waals surface area contributed by atoms with E-state index in [1.807, 2.05) is 42.5 Å². The summed E-state index contributed by atoms with van der Waals surface area (Å²) in [6.07, 6.45) is 0. The Morgan fingerprint density at radius 2 is 1.71 bits per heavy atom. The number of hydrogen-bond acceptors (Lipinski definition) is 4. The Labute approximate surface area is 169 Å². The third kappa shape index (κ3) is 2.69. The van der Waals surface area contributed by atoms with E-state index in [9.17, 15) is 9.59 Å². The molecule has 8 nitrogen and oxygen atoms in total. The maximum Gasteiger partial charge on any atom is 0.332 e. The van der Waals surface area contributed by atoms with Crippen molar-refractivity contribution in [2.24, 2.45) is 14.1 Å². The van der Waals surface area contributed by atoms with Crippen LogP contribution in [0.25, 0.3) is 16.9 Å². The van der Waals surface area contributed by atoms with Crippen molar-refractivity contribution in [3.63, 3.8) is 0 Å². The van der Waals surface area contributed by atoms with Crippen molar-refractivity contribution in [1.82, 2.24) is 23.1 Å². The molecule has 146 valence electrons. The quantitative estimate of drug-likeness (QED) is 0.523. The van der Waals surface area contributed by atoms with E-state index in [1.165, 1.54) is 11.6 Å². The zero-order chi connectivity index (χ0) is 20.2. The number of anilines is 1. The van der Waals surface area contributed by atoms with Crippen LogP contribution in [0.1, 0.15) is 11.4 Å². The molecule has 0 saturated carbocycles. The summed E-state index contributed by atoms with van der Waals surface area (Å²) in [7, 11) is 3.13. The fourth-order valence-electron chi connectivity index (χ4n) is 3.54. The fourth-order valence-corrected chi connectivity index (χ4v) is 3.80. The van der Waals surface area contributed by atoms with Crippen molar-refractivity contribution < 1.29 is 0 Å². The first kappa shape index (κ1) is 18.5. The fraction of sp³-hybridized carbons (Fsp3) is 0.316. The number of nitrogens with zero attached hydrogens (tertiary/aromatic N) is 5. The SMILES string of the molecule is Cc1c(C)n2c3c(=O)n(C)c(=O)n(C)c3nc2n1CCNc1ccc(Br)cc1. The summed E-state index contributed by atoms with van der Waals surface area (Å²) in [5.74, 6) is 0.668. The molecule has 0 saturated heterocycles. The van der Waals surface area contributed by atoms with E-state index >= 15 is 0 Å². The Morgan fingerprint density at radius 1 is 1.04 bits per heavy atom. The number of imidazole rings is 2. The van der Waals surface area contributed by atoms with Crippen molar-refractivity contribution in [2.75, 3.05) is 11.9 Å². The van der Waals surface area contributed by atoms with Crippen molar-refractivity contribution in [3.8, 4) is 0 Å². The van der Waals surface area contributed by atoms with Gasteiger partial charge in [-0.25, -0.2) is 4.79 Å². The average molecular weight is 445 g/mol. The van der Waals surface area contributed by atoms with E-state index in [0.717, 1.165) is 26.1 Å². The topological polar surface area (TPSA) is 78.3 Å². The smallest absolute Gasteiger partial charge is 0.332 e. The van der Waals surface area contributed by atoms with Gasteiger partial charge < -0.3 is 9.88 Å². The molecular formula is C19H21BrN6O2. The predicted octanol–water partition coefficient (Wildman–Crippen LogP) is 2.18. The molecule has 0 fully saturated rings. The summed E-state index contributed by atoms with van der Waals surface area (Å²) < 4.78 is 7.51. The van der Waals surface area contributed by atoms with Gasteiger partial charge in [0.25, 0.3) is 5.56 Å². The predicted molar refractivity (Wildman–Crippen MR) is 113 cm³/mol. The minimum absolute atomic E-state index is 0.334. The monoisotopic (exact) mass is 444 g/mol. The average Bonchev–Trinajstić information content (AvgIpc) is 3.17. The molecule has 0 spiro atoms. The Kier molecular flexibility index (Phi) is 4.41. The number of aromatic nitrogens is 5. The second-order valence-corrected chi connectivity index (χ2v) is 7.80. The van der Waals surface area contributed by atoms with E-state index in [1.54, 1.807) is 7.05 Å².